The van der Waals surface area contributed by atoms with Crippen molar-refractivity contribution in [2.24, 2.45) is 6.98 Å². The van der Waals surface area contributed by atoms with Crippen molar-refractivity contribution < 1.29 is 16.9 Å². The Bertz CT molecular complexity index is 933. The quantitative estimate of drug-likeness (QED) is 0.846. The summed E-state index contributed by atoms with van der Waals surface area (Å²) >= 11 is 0. The lowest BCUT2D eigenvalue weighted by Gasteiger charge is -2.09. The van der Waals surface area contributed by atoms with Crippen LogP contribution in [0.25, 0.3) is 0 Å². The molecule has 100 valence electrons. The van der Waals surface area contributed by atoms with Crippen molar-refractivity contribution in [3.63, 3.8) is 0 Å². The third kappa shape index (κ3) is 2.10. The lowest BCUT2D eigenvalue weighted by atomic mass is 10.4. The minimum atomic E-state index is -4.48. The first-order chi connectivity index (χ1) is 10.1. The molecule has 8 heteroatoms. The summed E-state index contributed by atoms with van der Waals surface area (Å²) < 4.78 is 59.6. The topological polar surface area (TPSA) is 84.9 Å². The number of aromatic nitrogens is 2. The van der Waals surface area contributed by atoms with Crippen LogP contribution in [-0.4, -0.2) is 17.0 Å². The number of benzene rings is 1. The highest BCUT2D eigenvalue weighted by Gasteiger charge is 2.20. The Morgan fingerprint density at radius 2 is 1.95 bits per heavy atom. The predicted molar refractivity (Wildman–Crippen MR) is 64.5 cm³/mol. The van der Waals surface area contributed by atoms with E-state index in [4.69, 9.17) is 9.52 Å². The van der Waals surface area contributed by atoms with Gasteiger partial charge in [-0.2, -0.15) is 3.97 Å². The maximum absolute atomic E-state index is 13.7. The lowest BCUT2D eigenvalue weighted by molar-refractivity contribution is 0.534. The van der Waals surface area contributed by atoms with Crippen LogP contribution in [0.15, 0.2) is 46.2 Å². The fourth-order valence-corrected chi connectivity index (χ4v) is 2.65. The van der Waals surface area contributed by atoms with Crippen LogP contribution < -0.4 is 11.2 Å². The molecule has 0 radical (unpaired) electrons. The van der Waals surface area contributed by atoms with Crippen molar-refractivity contribution in [3.05, 3.63) is 58.3 Å². The van der Waals surface area contributed by atoms with Crippen molar-refractivity contribution in [1.29, 1.82) is 5.41 Å². The normalized spacial score (nSPS) is 14.5. The van der Waals surface area contributed by atoms with Gasteiger partial charge in [0.2, 0.25) is 0 Å². The summed E-state index contributed by atoms with van der Waals surface area (Å²) in [6, 6.07) is 6.68. The summed E-state index contributed by atoms with van der Waals surface area (Å²) in [7, 11) is -4.48. The van der Waals surface area contributed by atoms with Crippen LogP contribution in [0.5, 0.6) is 0 Å². The largest absolute Gasteiger partial charge is 0.343 e. The van der Waals surface area contributed by atoms with Gasteiger partial charge in [-0.25, -0.2) is 17.6 Å². The number of nitrogens with zero attached hydrogens (tertiary/aromatic N) is 2. The van der Waals surface area contributed by atoms with E-state index in [0.717, 1.165) is 0 Å². The van der Waals surface area contributed by atoms with Gasteiger partial charge >= 0.3 is 5.69 Å². The summed E-state index contributed by atoms with van der Waals surface area (Å²) in [4.78, 5) is 11.8. The molecule has 0 saturated heterocycles. The molecule has 19 heavy (non-hydrogen) atoms. The molecule has 0 aliphatic heterocycles. The molecule has 0 fully saturated rings. The number of hydrogen-bond donors (Lipinski definition) is 1. The summed E-state index contributed by atoms with van der Waals surface area (Å²) in [6.07, 6.45) is 0.287. The molecular weight excluding hydrogens is 273 g/mol. The second-order valence-corrected chi connectivity index (χ2v) is 5.37. The van der Waals surface area contributed by atoms with E-state index in [-0.39, 0.29) is 19.6 Å². The Kier molecular flexibility index (Phi) is 2.27. The Hall–Kier alpha value is -2.22. The Morgan fingerprint density at radius 3 is 2.53 bits per heavy atom. The molecule has 1 N–H and O–H groups in total. The first-order valence-electron chi connectivity index (χ1n) is 6.47. The number of halogens is 1. The van der Waals surface area contributed by atoms with Crippen molar-refractivity contribution in [2.45, 2.75) is 4.90 Å². The molecule has 6 nitrogen and oxygen atoms in total. The second-order valence-electron chi connectivity index (χ2n) is 3.56. The number of rotatable bonds is 2. The zero-order valence-corrected chi connectivity index (χ0v) is 10.2. The van der Waals surface area contributed by atoms with Gasteiger partial charge < -0.3 is 0 Å². The highest BCUT2D eigenvalue weighted by molar-refractivity contribution is 7.90. The van der Waals surface area contributed by atoms with Gasteiger partial charge in [-0.05, 0) is 12.1 Å². The van der Waals surface area contributed by atoms with E-state index in [0.29, 0.717) is 0 Å². The average Bonchev–Trinajstić information content (AvgIpc) is 2.42. The average molecular weight is 286 g/mol. The van der Waals surface area contributed by atoms with Crippen LogP contribution in [0.3, 0.4) is 0 Å². The maximum Gasteiger partial charge on any atom is 0.343 e. The molecule has 2 aromatic rings. The fraction of sp³-hybridized carbons (Fsp3) is 0.0909. The van der Waals surface area contributed by atoms with Crippen LogP contribution in [0.2, 0.25) is 0 Å². The van der Waals surface area contributed by atoms with Gasteiger partial charge in [0.25, 0.3) is 10.0 Å². The summed E-state index contributed by atoms with van der Waals surface area (Å²) in [5.41, 5.74) is -2.76. The molecular formula is C11H10FN3O3S. The van der Waals surface area contributed by atoms with Crippen LogP contribution in [0, 0.1) is 11.2 Å². The fourth-order valence-electron chi connectivity index (χ4n) is 1.40. The summed E-state index contributed by atoms with van der Waals surface area (Å²) in [5, 5.41) is 7.32. The highest BCUT2D eigenvalue weighted by atomic mass is 32.2. The van der Waals surface area contributed by atoms with Crippen LogP contribution in [0.4, 0.5) is 4.39 Å². The summed E-state index contributed by atoms with van der Waals surface area (Å²) in [6.45, 7) is -3.19. The minimum Gasteiger partial charge on any atom is -0.282 e. The zero-order chi connectivity index (χ0) is 16.7. The molecule has 0 aliphatic carbocycles. The molecule has 0 saturated carbocycles. The smallest absolute Gasteiger partial charge is 0.282 e. The van der Waals surface area contributed by atoms with E-state index >= 15 is 0 Å². The number of hydrogen-bond acceptors (Lipinski definition) is 4. The number of nitrogens with one attached hydrogen (secondary N) is 1. The van der Waals surface area contributed by atoms with Crippen molar-refractivity contribution in [2.75, 3.05) is 0 Å². The standard InChI is InChI=1S/C11H10FN3O3S/c1-14-10(13)9(12)7-15(11(14)16)19(17,18)8-5-3-2-4-6-8/h2-7,13H,1H3/i1D3. The van der Waals surface area contributed by atoms with E-state index < -0.39 is 34.0 Å². The monoisotopic (exact) mass is 286 g/mol. The third-order valence-corrected chi connectivity index (χ3v) is 4.01. The highest BCUT2D eigenvalue weighted by Crippen LogP contribution is 2.10. The molecule has 0 bridgehead atoms. The first-order valence-corrected chi connectivity index (χ1v) is 6.41. The maximum atomic E-state index is 13.7. The Balaban J connectivity index is 2.88. The SMILES string of the molecule is [2H]C([2H])([2H])n1c(=N)c(F)cn(S(=O)(=O)c2ccccc2)c1=O. The molecule has 0 amide bonds. The molecule has 1 aromatic heterocycles. The molecule has 0 aliphatic rings. The molecule has 1 heterocycles. The third-order valence-electron chi connectivity index (χ3n) is 2.36. The Labute approximate surface area is 112 Å². The molecule has 0 unspecified atom stereocenters. The van der Waals surface area contributed by atoms with Gasteiger partial charge in [-0.15, -0.1) is 0 Å². The van der Waals surface area contributed by atoms with Gasteiger partial charge in [0.1, 0.15) is 0 Å². The van der Waals surface area contributed by atoms with E-state index in [9.17, 15) is 17.6 Å². The molecule has 2 rings (SSSR count). The zero-order valence-electron chi connectivity index (χ0n) is 12.4. The molecule has 0 spiro atoms. The second kappa shape index (κ2) is 4.47. The minimum absolute atomic E-state index is 0.0257. The van der Waals surface area contributed by atoms with E-state index in [2.05, 4.69) is 0 Å². The van der Waals surface area contributed by atoms with Crippen molar-refractivity contribution >= 4 is 10.0 Å². The van der Waals surface area contributed by atoms with Gasteiger partial charge in [-0.3, -0.25) is 9.98 Å². The Morgan fingerprint density at radius 1 is 1.32 bits per heavy atom. The first kappa shape index (κ1) is 9.68. The van der Waals surface area contributed by atoms with Gasteiger partial charge in [0.05, 0.1) is 11.1 Å². The molecule has 1 aromatic carbocycles. The van der Waals surface area contributed by atoms with Crippen molar-refractivity contribution in [1.82, 2.24) is 8.54 Å². The molecule has 0 atom stereocenters. The van der Waals surface area contributed by atoms with Gasteiger partial charge in [0, 0.05) is 11.1 Å². The van der Waals surface area contributed by atoms with E-state index in [1.165, 1.54) is 30.3 Å². The lowest BCUT2D eigenvalue weighted by Crippen LogP contribution is -2.41. The van der Waals surface area contributed by atoms with Crippen LogP contribution in [0.1, 0.15) is 4.11 Å². The van der Waals surface area contributed by atoms with E-state index in [1.807, 2.05) is 0 Å². The van der Waals surface area contributed by atoms with Crippen molar-refractivity contribution in [3.8, 4) is 0 Å². The van der Waals surface area contributed by atoms with Gasteiger partial charge in [-0.1, -0.05) is 18.2 Å². The van der Waals surface area contributed by atoms with Gasteiger partial charge in [0.15, 0.2) is 11.3 Å². The van der Waals surface area contributed by atoms with Crippen LogP contribution in [-0.2, 0) is 17.0 Å². The van der Waals surface area contributed by atoms with Crippen LogP contribution >= 0.6 is 0 Å². The summed E-state index contributed by atoms with van der Waals surface area (Å²) in [5.74, 6) is -1.45. The predicted octanol–water partition coefficient (Wildman–Crippen LogP) is 0.0424. The van der Waals surface area contributed by atoms with E-state index in [1.54, 1.807) is 0 Å².